The third-order valence-corrected chi connectivity index (χ3v) is 4.42. The van der Waals surface area contributed by atoms with Gasteiger partial charge in [-0.05, 0) is 51.5 Å². The van der Waals surface area contributed by atoms with Gasteiger partial charge in [-0.15, -0.1) is 0 Å². The molecule has 0 aromatic carbocycles. The van der Waals surface area contributed by atoms with Gasteiger partial charge in [0, 0.05) is 25.2 Å². The average Bonchev–Trinajstić information content (AvgIpc) is 2.35. The molecule has 1 fully saturated rings. The summed E-state index contributed by atoms with van der Waals surface area (Å²) in [7, 11) is 0. The molecule has 0 amide bonds. The molecule has 1 N–H and O–H groups in total. The molecule has 2 atom stereocenters. The van der Waals surface area contributed by atoms with Gasteiger partial charge < -0.3 is 5.32 Å². The maximum absolute atomic E-state index is 3.80. The molecule has 0 aromatic heterocycles. The summed E-state index contributed by atoms with van der Waals surface area (Å²) >= 11 is 0. The summed E-state index contributed by atoms with van der Waals surface area (Å²) < 4.78 is 0. The van der Waals surface area contributed by atoms with Crippen molar-refractivity contribution in [2.75, 3.05) is 19.6 Å². The van der Waals surface area contributed by atoms with E-state index in [1.54, 1.807) is 0 Å². The van der Waals surface area contributed by atoms with Crippen molar-refractivity contribution in [3.63, 3.8) is 0 Å². The van der Waals surface area contributed by atoms with Crippen molar-refractivity contribution in [2.24, 2.45) is 11.8 Å². The van der Waals surface area contributed by atoms with Gasteiger partial charge in [-0.2, -0.15) is 0 Å². The second kappa shape index (κ2) is 8.97. The number of hydrogen-bond donors (Lipinski definition) is 1. The Morgan fingerprint density at radius 1 is 1.16 bits per heavy atom. The van der Waals surface area contributed by atoms with Crippen molar-refractivity contribution in [2.45, 2.75) is 78.8 Å². The van der Waals surface area contributed by atoms with Crippen LogP contribution < -0.4 is 5.32 Å². The topological polar surface area (TPSA) is 15.3 Å². The van der Waals surface area contributed by atoms with Crippen molar-refractivity contribution in [1.29, 1.82) is 0 Å². The van der Waals surface area contributed by atoms with Crippen LogP contribution in [0, 0.1) is 11.8 Å². The van der Waals surface area contributed by atoms with Crippen LogP contribution in [0.15, 0.2) is 0 Å². The molecule has 1 heterocycles. The fourth-order valence-corrected chi connectivity index (χ4v) is 3.09. The number of hydrogen-bond acceptors (Lipinski definition) is 2. The summed E-state index contributed by atoms with van der Waals surface area (Å²) in [6.07, 6.45) is 6.85. The molecular weight excluding hydrogens is 232 g/mol. The molecule has 2 nitrogen and oxygen atoms in total. The zero-order chi connectivity index (χ0) is 14.3. The summed E-state index contributed by atoms with van der Waals surface area (Å²) in [6.45, 7) is 15.4. The van der Waals surface area contributed by atoms with Crippen LogP contribution in [0.1, 0.15) is 66.7 Å². The van der Waals surface area contributed by atoms with Crippen LogP contribution in [0.25, 0.3) is 0 Å². The van der Waals surface area contributed by atoms with Crippen LogP contribution in [0.4, 0.5) is 0 Å². The predicted molar refractivity (Wildman–Crippen MR) is 85.6 cm³/mol. The highest BCUT2D eigenvalue weighted by Crippen LogP contribution is 2.23. The fraction of sp³-hybridized carbons (Fsp3) is 1.00. The van der Waals surface area contributed by atoms with Crippen LogP contribution in [0.3, 0.4) is 0 Å². The molecule has 0 spiro atoms. The van der Waals surface area contributed by atoms with E-state index in [2.05, 4.69) is 44.8 Å². The van der Waals surface area contributed by atoms with E-state index in [9.17, 15) is 0 Å². The predicted octanol–water partition coefficient (Wildman–Crippen LogP) is 3.91. The summed E-state index contributed by atoms with van der Waals surface area (Å²) in [6, 6.07) is 1.41. The minimum atomic E-state index is 0.693. The Balaban J connectivity index is 2.40. The third-order valence-electron chi connectivity index (χ3n) is 4.42. The van der Waals surface area contributed by atoms with Crippen LogP contribution in [-0.2, 0) is 0 Å². The van der Waals surface area contributed by atoms with E-state index in [-0.39, 0.29) is 0 Å². The number of likely N-dealkylation sites (tertiary alicyclic amines) is 1. The van der Waals surface area contributed by atoms with Crippen LogP contribution in [0.5, 0.6) is 0 Å². The number of rotatable bonds is 8. The molecule has 2 heteroatoms. The van der Waals surface area contributed by atoms with Crippen molar-refractivity contribution >= 4 is 0 Å². The maximum atomic E-state index is 3.80. The van der Waals surface area contributed by atoms with Crippen LogP contribution in [0.2, 0.25) is 0 Å². The Labute approximate surface area is 121 Å². The van der Waals surface area contributed by atoms with Gasteiger partial charge in [0.1, 0.15) is 0 Å². The van der Waals surface area contributed by atoms with E-state index in [4.69, 9.17) is 0 Å². The molecular formula is C17H36N2. The highest BCUT2D eigenvalue weighted by Gasteiger charge is 2.27. The van der Waals surface area contributed by atoms with Crippen LogP contribution >= 0.6 is 0 Å². The number of nitrogens with zero attached hydrogens (tertiary/aromatic N) is 1. The average molecular weight is 268 g/mol. The Bertz CT molecular complexity index is 225. The number of piperidine rings is 1. The Hall–Kier alpha value is -0.0800. The summed E-state index contributed by atoms with van der Waals surface area (Å²) in [5, 5.41) is 3.80. The second-order valence-electron chi connectivity index (χ2n) is 7.13. The minimum absolute atomic E-state index is 0.693. The first-order chi connectivity index (χ1) is 9.02. The normalized spacial score (nSPS) is 25.4. The Morgan fingerprint density at radius 2 is 1.89 bits per heavy atom. The van der Waals surface area contributed by atoms with Crippen molar-refractivity contribution in [3.8, 4) is 0 Å². The van der Waals surface area contributed by atoms with Gasteiger partial charge in [-0.1, -0.05) is 33.6 Å². The summed E-state index contributed by atoms with van der Waals surface area (Å²) in [5.41, 5.74) is 0. The van der Waals surface area contributed by atoms with Gasteiger partial charge in [-0.3, -0.25) is 4.90 Å². The van der Waals surface area contributed by atoms with E-state index in [0.717, 1.165) is 17.9 Å². The highest BCUT2D eigenvalue weighted by atomic mass is 15.2. The Morgan fingerprint density at radius 3 is 2.47 bits per heavy atom. The molecule has 0 bridgehead atoms. The van der Waals surface area contributed by atoms with E-state index in [0.29, 0.717) is 6.04 Å². The SMILES string of the molecule is CCCCC1CC(NCCC(C)C)CN(C(C)C)C1. The lowest BCUT2D eigenvalue weighted by molar-refractivity contribution is 0.106. The van der Waals surface area contributed by atoms with E-state index < -0.39 is 0 Å². The molecule has 0 radical (unpaired) electrons. The quantitative estimate of drug-likeness (QED) is 0.718. The first kappa shape index (κ1) is 17.0. The van der Waals surface area contributed by atoms with Crippen molar-refractivity contribution in [1.82, 2.24) is 10.2 Å². The fourth-order valence-electron chi connectivity index (χ4n) is 3.09. The van der Waals surface area contributed by atoms with E-state index in [1.807, 2.05) is 0 Å². The van der Waals surface area contributed by atoms with Gasteiger partial charge in [0.25, 0.3) is 0 Å². The van der Waals surface area contributed by atoms with Crippen molar-refractivity contribution < 1.29 is 0 Å². The van der Waals surface area contributed by atoms with E-state index in [1.165, 1.54) is 51.7 Å². The summed E-state index contributed by atoms with van der Waals surface area (Å²) in [4.78, 5) is 2.68. The van der Waals surface area contributed by atoms with Crippen molar-refractivity contribution in [3.05, 3.63) is 0 Å². The van der Waals surface area contributed by atoms with Gasteiger partial charge in [-0.25, -0.2) is 0 Å². The molecule has 19 heavy (non-hydrogen) atoms. The lowest BCUT2D eigenvalue weighted by atomic mass is 9.89. The molecule has 2 unspecified atom stereocenters. The lowest BCUT2D eigenvalue weighted by Gasteiger charge is -2.40. The maximum Gasteiger partial charge on any atom is 0.0198 e. The van der Waals surface area contributed by atoms with Crippen LogP contribution in [-0.4, -0.2) is 36.6 Å². The van der Waals surface area contributed by atoms with Gasteiger partial charge in [0.15, 0.2) is 0 Å². The zero-order valence-electron chi connectivity index (χ0n) is 13.9. The monoisotopic (exact) mass is 268 g/mol. The largest absolute Gasteiger partial charge is 0.313 e. The molecule has 0 saturated carbocycles. The molecule has 0 aliphatic carbocycles. The third kappa shape index (κ3) is 6.76. The number of unbranched alkanes of at least 4 members (excludes halogenated alkanes) is 1. The Kier molecular flexibility index (Phi) is 8.01. The first-order valence-corrected chi connectivity index (χ1v) is 8.50. The second-order valence-corrected chi connectivity index (χ2v) is 7.13. The molecule has 1 aliphatic heterocycles. The minimum Gasteiger partial charge on any atom is -0.313 e. The zero-order valence-corrected chi connectivity index (χ0v) is 13.9. The highest BCUT2D eigenvalue weighted by molar-refractivity contribution is 4.85. The standard InChI is InChI=1S/C17H36N2/c1-6-7-8-16-11-17(18-10-9-14(2)3)13-19(12-16)15(4)5/h14-18H,6-13H2,1-5H3. The van der Waals surface area contributed by atoms with Gasteiger partial charge in [0.2, 0.25) is 0 Å². The van der Waals surface area contributed by atoms with E-state index >= 15 is 0 Å². The molecule has 1 saturated heterocycles. The lowest BCUT2D eigenvalue weighted by Crippen LogP contribution is -2.51. The smallest absolute Gasteiger partial charge is 0.0198 e. The van der Waals surface area contributed by atoms with Gasteiger partial charge in [0.05, 0.1) is 0 Å². The van der Waals surface area contributed by atoms with Gasteiger partial charge >= 0.3 is 0 Å². The first-order valence-electron chi connectivity index (χ1n) is 8.50. The summed E-state index contributed by atoms with van der Waals surface area (Å²) in [5.74, 6) is 1.72. The molecule has 114 valence electrons. The number of nitrogens with one attached hydrogen (secondary N) is 1. The molecule has 1 aliphatic rings. The molecule has 0 aromatic rings. The molecule has 1 rings (SSSR count).